The first-order valence-corrected chi connectivity index (χ1v) is 11.9. The highest BCUT2D eigenvalue weighted by molar-refractivity contribution is 7.15. The predicted octanol–water partition coefficient (Wildman–Crippen LogP) is 6.39. The lowest BCUT2D eigenvalue weighted by Gasteiger charge is -2.43. The zero-order valence-electron chi connectivity index (χ0n) is 18.7. The molecule has 0 unspecified atom stereocenters. The van der Waals surface area contributed by atoms with Crippen LogP contribution in [0.15, 0.2) is 65.0 Å². The van der Waals surface area contributed by atoms with E-state index in [4.69, 9.17) is 0 Å². The standard InChI is InChI=1S/C27H29NO2S/c1-26(2)12-17-23(19(29)14-26)25(24-18(28-17)13-27(3,4)15-20(24)30)22-11-10-21(31-22)16-8-6-5-7-9-16/h5-11,25,28H,12-15H2,1-4H3. The van der Waals surface area contributed by atoms with E-state index in [1.165, 1.54) is 10.4 Å². The fourth-order valence-electron chi connectivity index (χ4n) is 5.44. The van der Waals surface area contributed by atoms with Crippen molar-refractivity contribution in [1.29, 1.82) is 0 Å². The van der Waals surface area contributed by atoms with Crippen molar-refractivity contribution < 1.29 is 9.59 Å². The highest BCUT2D eigenvalue weighted by Crippen LogP contribution is 2.52. The number of carbonyl (C=O) groups is 2. The van der Waals surface area contributed by atoms with Gasteiger partial charge in [-0.2, -0.15) is 0 Å². The molecule has 3 nitrogen and oxygen atoms in total. The van der Waals surface area contributed by atoms with Crippen molar-refractivity contribution >= 4 is 22.9 Å². The van der Waals surface area contributed by atoms with Crippen LogP contribution in [0.25, 0.3) is 10.4 Å². The fourth-order valence-corrected chi connectivity index (χ4v) is 6.57. The van der Waals surface area contributed by atoms with Gasteiger partial charge in [-0.05, 0) is 41.4 Å². The van der Waals surface area contributed by atoms with E-state index in [1.807, 2.05) is 18.2 Å². The van der Waals surface area contributed by atoms with Crippen molar-refractivity contribution in [2.45, 2.75) is 59.3 Å². The molecule has 1 N–H and O–H groups in total. The summed E-state index contributed by atoms with van der Waals surface area (Å²) in [6.45, 7) is 8.63. The van der Waals surface area contributed by atoms with E-state index in [1.54, 1.807) is 11.3 Å². The second-order valence-electron chi connectivity index (χ2n) is 10.8. The molecule has 1 aromatic carbocycles. The lowest BCUT2D eigenvalue weighted by atomic mass is 9.65. The summed E-state index contributed by atoms with van der Waals surface area (Å²) in [5.74, 6) is 0.131. The first-order chi connectivity index (χ1) is 14.6. The van der Waals surface area contributed by atoms with Crippen LogP contribution in [0.4, 0.5) is 0 Å². The Hall–Kier alpha value is -2.46. The predicted molar refractivity (Wildman–Crippen MR) is 126 cm³/mol. The van der Waals surface area contributed by atoms with Gasteiger partial charge in [-0.1, -0.05) is 58.0 Å². The number of hydrogen-bond acceptors (Lipinski definition) is 4. The molecule has 160 valence electrons. The van der Waals surface area contributed by atoms with E-state index in [0.717, 1.165) is 40.3 Å². The number of Topliss-reactive ketones (excluding diaryl/α,β-unsaturated/α-hetero) is 2. The molecule has 0 spiro atoms. The summed E-state index contributed by atoms with van der Waals surface area (Å²) in [7, 11) is 0. The van der Waals surface area contributed by atoms with E-state index < -0.39 is 0 Å². The van der Waals surface area contributed by atoms with Gasteiger partial charge in [0.2, 0.25) is 0 Å². The number of thiophene rings is 1. The summed E-state index contributed by atoms with van der Waals surface area (Å²) >= 11 is 1.71. The first kappa shape index (κ1) is 20.4. The minimum Gasteiger partial charge on any atom is -0.362 e. The lowest BCUT2D eigenvalue weighted by molar-refractivity contribution is -0.119. The number of ketones is 2. The van der Waals surface area contributed by atoms with Crippen molar-refractivity contribution in [3.63, 3.8) is 0 Å². The largest absolute Gasteiger partial charge is 0.362 e. The van der Waals surface area contributed by atoms with Crippen LogP contribution in [0.1, 0.15) is 64.2 Å². The Morgan fingerprint density at radius 1 is 0.774 bits per heavy atom. The molecule has 2 aliphatic carbocycles. The molecule has 0 amide bonds. The molecule has 2 heterocycles. The molecule has 4 heteroatoms. The number of nitrogens with one attached hydrogen (secondary N) is 1. The molecule has 31 heavy (non-hydrogen) atoms. The quantitative estimate of drug-likeness (QED) is 0.599. The zero-order valence-corrected chi connectivity index (χ0v) is 19.5. The van der Waals surface area contributed by atoms with E-state index in [9.17, 15) is 9.59 Å². The summed E-state index contributed by atoms with van der Waals surface area (Å²) in [5.41, 5.74) is 4.76. The summed E-state index contributed by atoms with van der Waals surface area (Å²) in [6.07, 6.45) is 2.74. The number of hydrogen-bond donors (Lipinski definition) is 1. The molecule has 1 aromatic heterocycles. The van der Waals surface area contributed by atoms with Crippen LogP contribution in [0.5, 0.6) is 0 Å². The zero-order chi connectivity index (χ0) is 22.0. The van der Waals surface area contributed by atoms with E-state index in [0.29, 0.717) is 12.8 Å². The third kappa shape index (κ3) is 3.61. The van der Waals surface area contributed by atoms with Crippen molar-refractivity contribution in [1.82, 2.24) is 5.32 Å². The van der Waals surface area contributed by atoms with Crippen molar-refractivity contribution in [2.75, 3.05) is 0 Å². The van der Waals surface area contributed by atoms with Gasteiger partial charge >= 0.3 is 0 Å². The topological polar surface area (TPSA) is 46.2 Å². The molecule has 0 bridgehead atoms. The van der Waals surface area contributed by atoms with Gasteiger partial charge in [-0.15, -0.1) is 11.3 Å². The van der Waals surface area contributed by atoms with Gasteiger partial charge in [-0.25, -0.2) is 0 Å². The fraction of sp³-hybridized carbons (Fsp3) is 0.407. The molecular weight excluding hydrogens is 402 g/mol. The highest BCUT2D eigenvalue weighted by atomic mass is 32.1. The molecule has 2 aromatic rings. The molecule has 0 saturated carbocycles. The van der Waals surface area contributed by atoms with Gasteiger partial charge in [0.05, 0.1) is 5.92 Å². The Kier molecular flexibility index (Phi) is 4.63. The van der Waals surface area contributed by atoms with Crippen LogP contribution in [-0.4, -0.2) is 11.6 Å². The summed E-state index contributed by atoms with van der Waals surface area (Å²) in [4.78, 5) is 29.0. The Labute approximate surface area is 188 Å². The number of benzene rings is 1. The van der Waals surface area contributed by atoms with Gasteiger partial charge in [0, 0.05) is 45.1 Å². The Morgan fingerprint density at radius 3 is 1.87 bits per heavy atom. The molecule has 3 aliphatic rings. The second kappa shape index (κ2) is 7.03. The summed E-state index contributed by atoms with van der Waals surface area (Å²) < 4.78 is 0. The van der Waals surface area contributed by atoms with E-state index in [-0.39, 0.29) is 28.3 Å². The van der Waals surface area contributed by atoms with Crippen LogP contribution < -0.4 is 5.32 Å². The van der Waals surface area contributed by atoms with Crippen LogP contribution in [0.3, 0.4) is 0 Å². The number of rotatable bonds is 2. The van der Waals surface area contributed by atoms with Crippen molar-refractivity contribution in [3.05, 3.63) is 69.9 Å². The Bertz CT molecular complexity index is 1090. The van der Waals surface area contributed by atoms with Crippen molar-refractivity contribution in [2.24, 2.45) is 10.8 Å². The number of dihydropyridines is 1. The number of allylic oxidation sites excluding steroid dienone is 4. The molecule has 0 fully saturated rings. The molecule has 1 aliphatic heterocycles. The van der Waals surface area contributed by atoms with Gasteiger partial charge in [-0.3, -0.25) is 9.59 Å². The molecule has 0 saturated heterocycles. The van der Waals surface area contributed by atoms with Crippen LogP contribution in [0.2, 0.25) is 0 Å². The van der Waals surface area contributed by atoms with Crippen LogP contribution >= 0.6 is 11.3 Å². The summed E-state index contributed by atoms with van der Waals surface area (Å²) in [5, 5.41) is 3.59. The molecule has 0 radical (unpaired) electrons. The average Bonchev–Trinajstić information content (AvgIpc) is 3.15. The molecular formula is C27H29NO2S. The van der Waals surface area contributed by atoms with Gasteiger partial charge < -0.3 is 5.32 Å². The third-order valence-corrected chi connectivity index (χ3v) is 7.89. The highest BCUT2D eigenvalue weighted by Gasteiger charge is 2.46. The Balaban J connectivity index is 1.66. The van der Waals surface area contributed by atoms with Gasteiger partial charge in [0.15, 0.2) is 11.6 Å². The maximum absolute atomic E-state index is 13.4. The van der Waals surface area contributed by atoms with Crippen LogP contribution in [0, 0.1) is 10.8 Å². The van der Waals surface area contributed by atoms with Crippen LogP contribution in [-0.2, 0) is 9.59 Å². The Morgan fingerprint density at radius 2 is 1.32 bits per heavy atom. The van der Waals surface area contributed by atoms with E-state index in [2.05, 4.69) is 57.3 Å². The van der Waals surface area contributed by atoms with Gasteiger partial charge in [0.25, 0.3) is 0 Å². The maximum Gasteiger partial charge on any atom is 0.162 e. The number of carbonyl (C=O) groups excluding carboxylic acids is 2. The minimum absolute atomic E-state index is 0.0651. The SMILES string of the molecule is CC1(C)CC(=O)C2=C(C1)NC1=C(C(=O)CC(C)(C)C1)C2c1ccc(-c2ccccc2)s1. The van der Waals surface area contributed by atoms with Crippen molar-refractivity contribution in [3.8, 4) is 10.4 Å². The third-order valence-electron chi connectivity index (χ3n) is 6.69. The average molecular weight is 432 g/mol. The summed E-state index contributed by atoms with van der Waals surface area (Å²) in [6, 6.07) is 14.6. The molecule has 0 atom stereocenters. The monoisotopic (exact) mass is 431 g/mol. The smallest absolute Gasteiger partial charge is 0.162 e. The normalized spacial score (nSPS) is 22.8. The maximum atomic E-state index is 13.4. The van der Waals surface area contributed by atoms with E-state index >= 15 is 0 Å². The first-order valence-electron chi connectivity index (χ1n) is 11.1. The lowest BCUT2D eigenvalue weighted by Crippen LogP contribution is -2.42. The minimum atomic E-state index is -0.235. The second-order valence-corrected chi connectivity index (χ2v) is 11.9. The molecule has 5 rings (SSSR count). The van der Waals surface area contributed by atoms with Gasteiger partial charge in [0.1, 0.15) is 0 Å².